The molecule has 0 radical (unpaired) electrons. The minimum atomic E-state index is -4.59. The largest absolute Gasteiger partial charge is 0.416 e. The van der Waals surface area contributed by atoms with Gasteiger partial charge in [-0.25, -0.2) is 8.78 Å². The third-order valence-electron chi connectivity index (χ3n) is 2.96. The van der Waals surface area contributed by atoms with Crippen molar-refractivity contribution in [1.29, 1.82) is 0 Å². The molecule has 0 aliphatic carbocycles. The van der Waals surface area contributed by atoms with Crippen LogP contribution in [0.2, 0.25) is 0 Å². The normalized spacial score (nSPS) is 13.3. The second-order valence-electron chi connectivity index (χ2n) is 4.39. The van der Waals surface area contributed by atoms with Crippen molar-refractivity contribution >= 4 is 15.9 Å². The molecule has 0 aliphatic rings. The smallest absolute Gasteiger partial charge is 0.320 e. The second kappa shape index (κ2) is 5.73. The van der Waals surface area contributed by atoms with E-state index < -0.39 is 29.4 Å². The molecule has 0 aromatic heterocycles. The summed E-state index contributed by atoms with van der Waals surface area (Å²) < 4.78 is 65.0. The van der Waals surface area contributed by atoms with Gasteiger partial charge in [0.15, 0.2) is 0 Å². The molecule has 2 aromatic rings. The molecule has 0 aliphatic heterocycles. The molecule has 2 N–H and O–H groups in total. The van der Waals surface area contributed by atoms with Gasteiger partial charge in [0.05, 0.1) is 16.1 Å². The van der Waals surface area contributed by atoms with Gasteiger partial charge in [0.25, 0.3) is 0 Å². The van der Waals surface area contributed by atoms with Crippen LogP contribution in [0.25, 0.3) is 0 Å². The number of hydrogen-bond acceptors (Lipinski definition) is 1. The van der Waals surface area contributed by atoms with E-state index in [1.165, 1.54) is 12.1 Å². The molecule has 1 nitrogen and oxygen atoms in total. The minimum absolute atomic E-state index is 0.0998. The van der Waals surface area contributed by atoms with E-state index in [-0.39, 0.29) is 10.0 Å². The number of benzene rings is 2. The van der Waals surface area contributed by atoms with Gasteiger partial charge in [-0.05, 0) is 51.8 Å². The van der Waals surface area contributed by atoms with Crippen molar-refractivity contribution in [3.05, 3.63) is 69.2 Å². The van der Waals surface area contributed by atoms with Gasteiger partial charge in [0, 0.05) is 5.56 Å². The van der Waals surface area contributed by atoms with E-state index in [4.69, 9.17) is 5.73 Å². The zero-order valence-corrected chi connectivity index (χ0v) is 12.0. The molecule has 0 saturated heterocycles. The molecule has 1 atom stereocenters. The van der Waals surface area contributed by atoms with Crippen molar-refractivity contribution in [1.82, 2.24) is 0 Å². The summed E-state index contributed by atoms with van der Waals surface area (Å²) in [6.45, 7) is 0. The molecular formula is C14H9BrF5N. The van der Waals surface area contributed by atoms with Gasteiger partial charge in [-0.3, -0.25) is 0 Å². The molecule has 1 unspecified atom stereocenters. The Labute approximate surface area is 125 Å². The second-order valence-corrected chi connectivity index (χ2v) is 5.24. The van der Waals surface area contributed by atoms with Gasteiger partial charge in [0.2, 0.25) is 0 Å². The predicted octanol–water partition coefficient (Wildman–Crippen LogP) is 4.79. The third kappa shape index (κ3) is 3.41. The number of alkyl halides is 3. The average molecular weight is 366 g/mol. The van der Waals surface area contributed by atoms with Crippen LogP contribution in [0.4, 0.5) is 22.0 Å². The Kier molecular flexibility index (Phi) is 4.34. The van der Waals surface area contributed by atoms with E-state index in [1.807, 2.05) is 0 Å². The maximum atomic E-state index is 13.7. The highest BCUT2D eigenvalue weighted by Crippen LogP contribution is 2.33. The van der Waals surface area contributed by atoms with E-state index in [2.05, 4.69) is 15.9 Å². The van der Waals surface area contributed by atoms with Crippen LogP contribution >= 0.6 is 15.9 Å². The summed E-state index contributed by atoms with van der Waals surface area (Å²) in [4.78, 5) is 0. The lowest BCUT2D eigenvalue weighted by Gasteiger charge is -2.16. The molecule has 2 rings (SSSR count). The van der Waals surface area contributed by atoms with Gasteiger partial charge in [-0.1, -0.05) is 6.07 Å². The maximum Gasteiger partial charge on any atom is 0.416 e. The van der Waals surface area contributed by atoms with E-state index in [1.54, 1.807) is 0 Å². The first kappa shape index (κ1) is 15.9. The zero-order chi connectivity index (χ0) is 15.8. The molecule has 2 aromatic carbocycles. The highest BCUT2D eigenvalue weighted by atomic mass is 79.9. The van der Waals surface area contributed by atoms with Crippen LogP contribution in [0, 0.1) is 11.6 Å². The van der Waals surface area contributed by atoms with Crippen LogP contribution in [0.3, 0.4) is 0 Å². The molecule has 0 heterocycles. The summed E-state index contributed by atoms with van der Waals surface area (Å²) in [7, 11) is 0. The first-order valence-corrected chi connectivity index (χ1v) is 6.56. The summed E-state index contributed by atoms with van der Waals surface area (Å²) in [5.74, 6) is -1.40. The molecular weight excluding hydrogens is 357 g/mol. The van der Waals surface area contributed by atoms with E-state index in [0.717, 1.165) is 12.1 Å². The summed E-state index contributed by atoms with van der Waals surface area (Å²) in [5.41, 5.74) is 4.80. The van der Waals surface area contributed by atoms with Crippen molar-refractivity contribution in [2.75, 3.05) is 0 Å². The molecule has 21 heavy (non-hydrogen) atoms. The van der Waals surface area contributed by atoms with Gasteiger partial charge >= 0.3 is 6.18 Å². The fourth-order valence-electron chi connectivity index (χ4n) is 1.84. The molecule has 0 spiro atoms. The van der Waals surface area contributed by atoms with Crippen molar-refractivity contribution in [2.45, 2.75) is 12.2 Å². The SMILES string of the molecule is NC(c1ccc(F)c(Br)c1)c1cc(C(F)(F)F)ccc1F. The standard InChI is InChI=1S/C14H9BrF5N/c15-10-5-7(1-3-12(10)17)13(21)9-6-8(14(18,19)20)2-4-11(9)16/h1-6,13H,21H2. The monoisotopic (exact) mass is 365 g/mol. The van der Waals surface area contributed by atoms with Crippen LogP contribution in [-0.4, -0.2) is 0 Å². The predicted molar refractivity (Wildman–Crippen MR) is 71.5 cm³/mol. The summed E-state index contributed by atoms with van der Waals surface area (Å²) >= 11 is 2.95. The van der Waals surface area contributed by atoms with Gasteiger partial charge in [-0.15, -0.1) is 0 Å². The number of nitrogens with two attached hydrogens (primary N) is 1. The topological polar surface area (TPSA) is 26.0 Å². The Bertz CT molecular complexity index is 669. The summed E-state index contributed by atoms with van der Waals surface area (Å²) in [6, 6.07) is 4.60. The lowest BCUT2D eigenvalue weighted by molar-refractivity contribution is -0.137. The van der Waals surface area contributed by atoms with Crippen molar-refractivity contribution in [3.63, 3.8) is 0 Å². The van der Waals surface area contributed by atoms with Gasteiger partial charge < -0.3 is 5.73 Å². The molecule has 7 heteroatoms. The van der Waals surface area contributed by atoms with Crippen molar-refractivity contribution in [3.8, 4) is 0 Å². The quantitative estimate of drug-likeness (QED) is 0.760. The fraction of sp³-hybridized carbons (Fsp3) is 0.143. The van der Waals surface area contributed by atoms with Crippen LogP contribution < -0.4 is 5.73 Å². The highest BCUT2D eigenvalue weighted by molar-refractivity contribution is 9.10. The van der Waals surface area contributed by atoms with Gasteiger partial charge in [-0.2, -0.15) is 13.2 Å². The summed E-state index contributed by atoms with van der Waals surface area (Å²) in [6.07, 6.45) is -4.59. The number of halogens is 6. The molecule has 0 amide bonds. The Morgan fingerprint density at radius 2 is 1.57 bits per heavy atom. The maximum absolute atomic E-state index is 13.7. The van der Waals surface area contributed by atoms with E-state index in [0.29, 0.717) is 17.7 Å². The summed E-state index contributed by atoms with van der Waals surface area (Å²) in [5, 5.41) is 0. The highest BCUT2D eigenvalue weighted by Gasteiger charge is 2.31. The van der Waals surface area contributed by atoms with Crippen LogP contribution in [0.5, 0.6) is 0 Å². The average Bonchev–Trinajstić information content (AvgIpc) is 2.40. The number of rotatable bonds is 2. The first-order chi connectivity index (χ1) is 9.70. The molecule has 0 saturated carbocycles. The van der Waals surface area contributed by atoms with E-state index in [9.17, 15) is 22.0 Å². The van der Waals surface area contributed by atoms with E-state index >= 15 is 0 Å². The van der Waals surface area contributed by atoms with Crippen molar-refractivity contribution < 1.29 is 22.0 Å². The lowest BCUT2D eigenvalue weighted by atomic mass is 9.97. The fourth-order valence-corrected chi connectivity index (χ4v) is 2.24. The Hall–Kier alpha value is -1.47. The minimum Gasteiger partial charge on any atom is -0.320 e. The Balaban J connectivity index is 2.47. The molecule has 112 valence electrons. The zero-order valence-electron chi connectivity index (χ0n) is 10.4. The first-order valence-electron chi connectivity index (χ1n) is 5.77. The Morgan fingerprint density at radius 1 is 0.952 bits per heavy atom. The Morgan fingerprint density at radius 3 is 2.14 bits per heavy atom. The van der Waals surface area contributed by atoms with Gasteiger partial charge in [0.1, 0.15) is 11.6 Å². The molecule has 0 bridgehead atoms. The van der Waals surface area contributed by atoms with Crippen LogP contribution in [-0.2, 0) is 6.18 Å². The van der Waals surface area contributed by atoms with Crippen LogP contribution in [0.15, 0.2) is 40.9 Å². The molecule has 0 fully saturated rings. The van der Waals surface area contributed by atoms with Crippen LogP contribution in [0.1, 0.15) is 22.7 Å². The number of hydrogen-bond donors (Lipinski definition) is 1. The third-order valence-corrected chi connectivity index (χ3v) is 3.57. The van der Waals surface area contributed by atoms with Crippen molar-refractivity contribution in [2.24, 2.45) is 5.73 Å². The lowest BCUT2D eigenvalue weighted by Crippen LogP contribution is -2.16.